The van der Waals surface area contributed by atoms with Crippen molar-refractivity contribution in [2.75, 3.05) is 0 Å². The van der Waals surface area contributed by atoms with Gasteiger partial charge in [0.2, 0.25) is 0 Å². The van der Waals surface area contributed by atoms with E-state index in [1.807, 2.05) is 0 Å². The van der Waals surface area contributed by atoms with Gasteiger partial charge >= 0.3 is 0 Å². The summed E-state index contributed by atoms with van der Waals surface area (Å²) in [4.78, 5) is 0. The Kier molecular flexibility index (Phi) is 3.21. The van der Waals surface area contributed by atoms with Crippen LogP contribution in [0.3, 0.4) is 0 Å². The second kappa shape index (κ2) is 3.73. The molecule has 1 saturated carbocycles. The van der Waals surface area contributed by atoms with Gasteiger partial charge < -0.3 is 5.73 Å². The number of halogens is 1. The van der Waals surface area contributed by atoms with Gasteiger partial charge in [0.15, 0.2) is 0 Å². The van der Waals surface area contributed by atoms with Gasteiger partial charge in [-0.1, -0.05) is 12.8 Å². The number of nitrogens with two attached hydrogens (primary N) is 1. The number of hydrogen-bond acceptors (Lipinski definition) is 2. The van der Waals surface area contributed by atoms with E-state index in [1.54, 1.807) is 0 Å². The average molecular weight is 240 g/mol. The fraction of sp³-hybridized carbons (Fsp3) is 1.00. The van der Waals surface area contributed by atoms with Crippen molar-refractivity contribution in [3.8, 4) is 0 Å². The van der Waals surface area contributed by atoms with Crippen LogP contribution in [0.15, 0.2) is 0 Å². The maximum Gasteiger partial charge on any atom is 0.0314 e. The Balaban J connectivity index is 2.30. The van der Waals surface area contributed by atoms with E-state index in [-0.39, 0.29) is 0 Å². The third kappa shape index (κ3) is 2.05. The van der Waals surface area contributed by atoms with Crippen LogP contribution in [0.5, 0.6) is 0 Å². The van der Waals surface area contributed by atoms with E-state index in [0.29, 0.717) is 12.1 Å². The largest absolute Gasteiger partial charge is 0.326 e. The number of rotatable bonds is 1. The Hall–Kier alpha value is 0.650. The van der Waals surface area contributed by atoms with Gasteiger partial charge in [0, 0.05) is 34.9 Å². The van der Waals surface area contributed by atoms with Crippen molar-refractivity contribution >= 4 is 22.9 Å². The second-order valence-electron chi connectivity index (χ2n) is 2.66. The Morgan fingerprint density at radius 3 is 2.44 bits per heavy atom. The Labute approximate surface area is 70.1 Å². The molecule has 0 aromatic heterocycles. The molecule has 3 N–H and O–H groups in total. The van der Waals surface area contributed by atoms with Crippen molar-refractivity contribution < 1.29 is 0 Å². The van der Waals surface area contributed by atoms with Crippen LogP contribution < -0.4 is 9.26 Å². The lowest BCUT2D eigenvalue weighted by Crippen LogP contribution is -2.43. The Bertz CT molecular complexity index is 87.1. The van der Waals surface area contributed by atoms with Gasteiger partial charge in [-0.2, -0.15) is 0 Å². The van der Waals surface area contributed by atoms with Crippen molar-refractivity contribution in [2.24, 2.45) is 5.73 Å². The normalized spacial score (nSPS) is 36.7. The van der Waals surface area contributed by atoms with Gasteiger partial charge in [-0.05, 0) is 12.8 Å². The molecule has 1 rings (SSSR count). The van der Waals surface area contributed by atoms with Gasteiger partial charge in [0.25, 0.3) is 0 Å². The summed E-state index contributed by atoms with van der Waals surface area (Å²) >= 11 is 2.19. The first-order valence-electron chi connectivity index (χ1n) is 3.46. The molecule has 0 aromatic rings. The van der Waals surface area contributed by atoms with Crippen molar-refractivity contribution in [1.82, 2.24) is 3.53 Å². The summed E-state index contributed by atoms with van der Waals surface area (Å²) in [6.07, 6.45) is 5.11. The predicted octanol–water partition coefficient (Wildman–Crippen LogP) is 1.20. The standard InChI is InChI=1S/C6H13IN2/c7-9-6-4-2-1-3-5(6)8/h5-6,9H,1-4,8H2/t5-,6-/m1/s1. The summed E-state index contributed by atoms with van der Waals surface area (Å²) in [5.41, 5.74) is 5.82. The fourth-order valence-corrected chi connectivity index (χ4v) is 2.07. The molecule has 0 amide bonds. The van der Waals surface area contributed by atoms with Crippen molar-refractivity contribution in [3.63, 3.8) is 0 Å². The molecule has 0 spiro atoms. The summed E-state index contributed by atoms with van der Waals surface area (Å²) in [6, 6.07) is 0.968. The minimum absolute atomic E-state index is 0.399. The lowest BCUT2D eigenvalue weighted by molar-refractivity contribution is 0.374. The first kappa shape index (κ1) is 7.75. The molecule has 0 radical (unpaired) electrons. The molecule has 3 heteroatoms. The quantitative estimate of drug-likeness (QED) is 0.533. The van der Waals surface area contributed by atoms with Crippen LogP contribution in [-0.4, -0.2) is 12.1 Å². The lowest BCUT2D eigenvalue weighted by atomic mass is 9.92. The molecule has 0 aromatic carbocycles. The molecule has 0 bridgehead atoms. The van der Waals surface area contributed by atoms with Gasteiger partial charge in [0.05, 0.1) is 0 Å². The SMILES string of the molecule is N[C@@H]1CCCC[C@H]1NI. The van der Waals surface area contributed by atoms with Crippen LogP contribution in [0.2, 0.25) is 0 Å². The molecule has 9 heavy (non-hydrogen) atoms. The van der Waals surface area contributed by atoms with E-state index in [4.69, 9.17) is 5.73 Å². The molecule has 1 aliphatic carbocycles. The molecule has 0 aliphatic heterocycles. The molecule has 2 atom stereocenters. The highest BCUT2D eigenvalue weighted by Crippen LogP contribution is 2.17. The summed E-state index contributed by atoms with van der Waals surface area (Å²) in [7, 11) is 0. The van der Waals surface area contributed by atoms with Gasteiger partial charge in [-0.15, -0.1) is 0 Å². The predicted molar refractivity (Wildman–Crippen MR) is 47.4 cm³/mol. The van der Waals surface area contributed by atoms with Gasteiger partial charge in [-0.3, -0.25) is 3.53 Å². The first-order chi connectivity index (χ1) is 4.34. The molecule has 2 nitrogen and oxygen atoms in total. The second-order valence-corrected chi connectivity index (χ2v) is 3.29. The molecule has 0 heterocycles. The zero-order valence-electron chi connectivity index (χ0n) is 5.44. The number of nitrogens with one attached hydrogen (secondary N) is 1. The van der Waals surface area contributed by atoms with Gasteiger partial charge in [-0.25, -0.2) is 0 Å². The van der Waals surface area contributed by atoms with Crippen LogP contribution >= 0.6 is 22.9 Å². The van der Waals surface area contributed by atoms with E-state index < -0.39 is 0 Å². The van der Waals surface area contributed by atoms with Gasteiger partial charge in [0.1, 0.15) is 0 Å². The summed E-state index contributed by atoms with van der Waals surface area (Å²) in [6.45, 7) is 0. The van der Waals surface area contributed by atoms with Crippen LogP contribution in [0.25, 0.3) is 0 Å². The summed E-state index contributed by atoms with van der Waals surface area (Å²) in [5, 5.41) is 0. The Morgan fingerprint density at radius 1 is 1.33 bits per heavy atom. The highest BCUT2D eigenvalue weighted by Gasteiger charge is 2.19. The molecule has 0 saturated heterocycles. The minimum Gasteiger partial charge on any atom is -0.326 e. The zero-order chi connectivity index (χ0) is 6.69. The zero-order valence-corrected chi connectivity index (χ0v) is 7.60. The molecule has 1 aliphatic rings. The summed E-state index contributed by atoms with van der Waals surface area (Å²) < 4.78 is 3.20. The van der Waals surface area contributed by atoms with Crippen LogP contribution in [0.1, 0.15) is 25.7 Å². The van der Waals surface area contributed by atoms with Crippen molar-refractivity contribution in [1.29, 1.82) is 0 Å². The van der Waals surface area contributed by atoms with Crippen LogP contribution in [0, 0.1) is 0 Å². The number of hydrogen-bond donors (Lipinski definition) is 2. The smallest absolute Gasteiger partial charge is 0.0314 e. The molecule has 0 unspecified atom stereocenters. The maximum atomic E-state index is 5.82. The third-order valence-corrected chi connectivity index (χ3v) is 2.76. The molecular formula is C6H13IN2. The minimum atomic E-state index is 0.399. The van der Waals surface area contributed by atoms with Crippen LogP contribution in [0.4, 0.5) is 0 Å². The van der Waals surface area contributed by atoms with Crippen LogP contribution in [-0.2, 0) is 0 Å². The fourth-order valence-electron chi connectivity index (χ4n) is 1.30. The summed E-state index contributed by atoms with van der Waals surface area (Å²) in [5.74, 6) is 0. The third-order valence-electron chi connectivity index (χ3n) is 1.96. The molecule has 54 valence electrons. The molecular weight excluding hydrogens is 227 g/mol. The highest BCUT2D eigenvalue weighted by atomic mass is 127. The van der Waals surface area contributed by atoms with E-state index in [1.165, 1.54) is 25.7 Å². The van der Waals surface area contributed by atoms with Crippen molar-refractivity contribution in [3.05, 3.63) is 0 Å². The van der Waals surface area contributed by atoms with E-state index in [2.05, 4.69) is 26.4 Å². The highest BCUT2D eigenvalue weighted by molar-refractivity contribution is 14.1. The lowest BCUT2D eigenvalue weighted by Gasteiger charge is -2.26. The maximum absolute atomic E-state index is 5.82. The van der Waals surface area contributed by atoms with E-state index >= 15 is 0 Å². The van der Waals surface area contributed by atoms with E-state index in [0.717, 1.165) is 0 Å². The average Bonchev–Trinajstić information content (AvgIpc) is 1.89. The van der Waals surface area contributed by atoms with Crippen molar-refractivity contribution in [2.45, 2.75) is 37.8 Å². The Morgan fingerprint density at radius 2 is 2.00 bits per heavy atom. The molecule has 1 fully saturated rings. The monoisotopic (exact) mass is 240 g/mol. The van der Waals surface area contributed by atoms with E-state index in [9.17, 15) is 0 Å². The first-order valence-corrected chi connectivity index (χ1v) is 4.54. The topological polar surface area (TPSA) is 38.0 Å².